The number of hydrogen-bond acceptors (Lipinski definition) is 4. The summed E-state index contributed by atoms with van der Waals surface area (Å²) in [6.45, 7) is 7.55. The van der Waals surface area contributed by atoms with Crippen LogP contribution in [0.3, 0.4) is 0 Å². The van der Waals surface area contributed by atoms with Gasteiger partial charge in [-0.25, -0.2) is 14.4 Å². The number of benzene rings is 2. The van der Waals surface area contributed by atoms with Gasteiger partial charge in [0.05, 0.1) is 18.2 Å². The predicted molar refractivity (Wildman–Crippen MR) is 123 cm³/mol. The number of amides is 4. The van der Waals surface area contributed by atoms with Gasteiger partial charge in [0.1, 0.15) is 0 Å². The summed E-state index contributed by atoms with van der Waals surface area (Å²) < 4.78 is 5.20. The molecule has 1 aliphatic rings. The molecule has 0 aliphatic carbocycles. The molecule has 0 bridgehead atoms. The molecule has 0 radical (unpaired) electrons. The highest BCUT2D eigenvalue weighted by Gasteiger charge is 2.34. The Morgan fingerprint density at radius 2 is 1.66 bits per heavy atom. The van der Waals surface area contributed by atoms with Crippen LogP contribution in [-0.4, -0.2) is 36.6 Å². The lowest BCUT2D eigenvalue weighted by Crippen LogP contribution is -2.46. The Bertz CT molecular complexity index is 1060. The highest BCUT2D eigenvalue weighted by molar-refractivity contribution is 6.00. The molecule has 1 heterocycles. The van der Waals surface area contributed by atoms with E-state index in [-0.39, 0.29) is 18.7 Å². The van der Waals surface area contributed by atoms with E-state index in [0.29, 0.717) is 22.5 Å². The van der Waals surface area contributed by atoms with Gasteiger partial charge in [-0.15, -0.1) is 0 Å². The van der Waals surface area contributed by atoms with Crippen molar-refractivity contribution in [3.63, 3.8) is 0 Å². The van der Waals surface area contributed by atoms with E-state index in [0.717, 1.165) is 16.8 Å². The van der Waals surface area contributed by atoms with Crippen LogP contribution in [0.2, 0.25) is 0 Å². The molecule has 3 rings (SSSR count). The van der Waals surface area contributed by atoms with E-state index in [1.165, 1.54) is 4.90 Å². The second-order valence-electron chi connectivity index (χ2n) is 7.63. The van der Waals surface area contributed by atoms with Crippen LogP contribution in [0.1, 0.15) is 36.6 Å². The van der Waals surface area contributed by atoms with E-state index in [4.69, 9.17) is 4.74 Å². The molecule has 8 heteroatoms. The molecule has 0 fully saturated rings. The van der Waals surface area contributed by atoms with Crippen LogP contribution in [0.5, 0.6) is 0 Å². The lowest BCUT2D eigenvalue weighted by molar-refractivity contribution is -0.139. The number of carbonyl (C=O) groups is 3. The highest BCUT2D eigenvalue weighted by Crippen LogP contribution is 2.31. The van der Waals surface area contributed by atoms with E-state index in [1.54, 1.807) is 45.2 Å². The minimum Gasteiger partial charge on any atom is -0.463 e. The third-order valence-electron chi connectivity index (χ3n) is 5.47. The molecule has 1 aliphatic heterocycles. The summed E-state index contributed by atoms with van der Waals surface area (Å²) in [5, 5.41) is 8.52. The maximum absolute atomic E-state index is 12.6. The Kier molecular flexibility index (Phi) is 6.82. The molecule has 2 aromatic carbocycles. The van der Waals surface area contributed by atoms with Crippen molar-refractivity contribution in [2.75, 3.05) is 24.3 Å². The maximum atomic E-state index is 12.6. The molecule has 1 atom stereocenters. The van der Waals surface area contributed by atoms with Gasteiger partial charge in [-0.05, 0) is 56.5 Å². The van der Waals surface area contributed by atoms with E-state index in [2.05, 4.69) is 16.0 Å². The molecule has 2 aromatic rings. The van der Waals surface area contributed by atoms with Crippen molar-refractivity contribution in [2.24, 2.45) is 0 Å². The van der Waals surface area contributed by atoms with Crippen LogP contribution >= 0.6 is 0 Å². The Morgan fingerprint density at radius 1 is 1.03 bits per heavy atom. The molecule has 4 amide bonds. The van der Waals surface area contributed by atoms with Gasteiger partial charge in [-0.3, -0.25) is 0 Å². The Balaban J connectivity index is 1.79. The van der Waals surface area contributed by atoms with Crippen LogP contribution in [0.25, 0.3) is 0 Å². The molecule has 168 valence electrons. The summed E-state index contributed by atoms with van der Waals surface area (Å²) in [6, 6.07) is 11.5. The molecule has 0 aromatic heterocycles. The molecule has 0 saturated heterocycles. The number of rotatable bonds is 5. The van der Waals surface area contributed by atoms with E-state index in [1.807, 2.05) is 32.0 Å². The van der Waals surface area contributed by atoms with Crippen LogP contribution < -0.4 is 16.0 Å². The largest absolute Gasteiger partial charge is 0.463 e. The van der Waals surface area contributed by atoms with Gasteiger partial charge in [0.2, 0.25) is 0 Å². The first kappa shape index (κ1) is 22.9. The second kappa shape index (κ2) is 9.55. The quantitative estimate of drug-likeness (QED) is 0.602. The van der Waals surface area contributed by atoms with E-state index in [9.17, 15) is 14.4 Å². The molecule has 1 unspecified atom stereocenters. The van der Waals surface area contributed by atoms with E-state index >= 15 is 0 Å². The topological polar surface area (TPSA) is 99.8 Å². The summed E-state index contributed by atoms with van der Waals surface area (Å²) in [7, 11) is 1.60. The monoisotopic (exact) mass is 436 g/mol. The fraction of sp³-hybridized carbons (Fsp3) is 0.292. The zero-order valence-corrected chi connectivity index (χ0v) is 18.9. The molecular formula is C24H28N4O4. The predicted octanol–water partition coefficient (Wildman–Crippen LogP) is 4.48. The summed E-state index contributed by atoms with van der Waals surface area (Å²) in [4.78, 5) is 38.7. The van der Waals surface area contributed by atoms with Gasteiger partial charge in [-0.1, -0.05) is 30.3 Å². The number of carbonyl (C=O) groups excluding carboxylic acids is 3. The zero-order valence-electron chi connectivity index (χ0n) is 18.9. The van der Waals surface area contributed by atoms with Crippen molar-refractivity contribution >= 4 is 29.4 Å². The van der Waals surface area contributed by atoms with Crippen molar-refractivity contribution in [1.82, 2.24) is 10.2 Å². The van der Waals surface area contributed by atoms with Gasteiger partial charge < -0.3 is 25.6 Å². The molecule has 0 spiro atoms. The number of aryl methyl sites for hydroxylation is 2. The number of hydrogen-bond donors (Lipinski definition) is 3. The smallest absolute Gasteiger partial charge is 0.338 e. The van der Waals surface area contributed by atoms with Gasteiger partial charge in [0.25, 0.3) is 0 Å². The molecule has 32 heavy (non-hydrogen) atoms. The van der Waals surface area contributed by atoms with Gasteiger partial charge in [0.15, 0.2) is 0 Å². The molecule has 8 nitrogen and oxygen atoms in total. The first-order chi connectivity index (χ1) is 15.2. The summed E-state index contributed by atoms with van der Waals surface area (Å²) in [6.07, 6.45) is 0. The Morgan fingerprint density at radius 3 is 2.25 bits per heavy atom. The lowest BCUT2D eigenvalue weighted by atomic mass is 9.95. The van der Waals surface area contributed by atoms with Crippen LogP contribution in [0.15, 0.2) is 53.7 Å². The third kappa shape index (κ3) is 4.74. The molecule has 0 saturated carbocycles. The highest BCUT2D eigenvalue weighted by atomic mass is 16.5. The van der Waals surface area contributed by atoms with Gasteiger partial charge >= 0.3 is 18.0 Å². The van der Waals surface area contributed by atoms with Crippen LogP contribution in [0.4, 0.5) is 21.0 Å². The minimum absolute atomic E-state index is 0.234. The second-order valence-corrected chi connectivity index (χ2v) is 7.63. The zero-order chi connectivity index (χ0) is 23.4. The Hall–Kier alpha value is -3.81. The first-order valence-corrected chi connectivity index (χ1v) is 10.4. The number of anilines is 2. The van der Waals surface area contributed by atoms with Crippen molar-refractivity contribution in [2.45, 2.75) is 33.7 Å². The maximum Gasteiger partial charge on any atom is 0.338 e. The number of nitrogens with one attached hydrogen (secondary N) is 3. The SMILES string of the molecule is CCOC(=O)C1=C(C)N(C)C(=O)NC1c1ccc(NC(=O)Nc2c(C)cccc2C)cc1. The standard InChI is InChI=1S/C24H28N4O4/c1-6-32-22(29)19-16(4)28(5)24(31)27-21(19)17-10-12-18(13-11-17)25-23(30)26-20-14(2)8-7-9-15(20)3/h7-13,21H,6H2,1-5H3,(H,27,31)(H2,25,26,30). The van der Waals surface area contributed by atoms with Crippen LogP contribution in [-0.2, 0) is 9.53 Å². The van der Waals surface area contributed by atoms with Crippen molar-refractivity contribution < 1.29 is 19.1 Å². The van der Waals surface area contributed by atoms with Gasteiger partial charge in [0, 0.05) is 24.1 Å². The minimum atomic E-state index is -0.643. The summed E-state index contributed by atoms with van der Waals surface area (Å²) in [5.74, 6) is -0.475. The number of esters is 1. The number of para-hydroxylation sites is 1. The van der Waals surface area contributed by atoms with Crippen LogP contribution in [0, 0.1) is 13.8 Å². The van der Waals surface area contributed by atoms with Gasteiger partial charge in [-0.2, -0.15) is 0 Å². The number of ether oxygens (including phenoxy) is 1. The fourth-order valence-corrected chi connectivity index (χ4v) is 3.61. The van der Waals surface area contributed by atoms with Crippen molar-refractivity contribution in [1.29, 1.82) is 0 Å². The molecule has 3 N–H and O–H groups in total. The average molecular weight is 437 g/mol. The molecular weight excluding hydrogens is 408 g/mol. The third-order valence-corrected chi connectivity index (χ3v) is 5.47. The average Bonchev–Trinajstić information content (AvgIpc) is 2.75. The number of nitrogens with zero attached hydrogens (tertiary/aromatic N) is 1. The summed E-state index contributed by atoms with van der Waals surface area (Å²) >= 11 is 0. The van der Waals surface area contributed by atoms with E-state index < -0.39 is 12.0 Å². The normalized spacial score (nSPS) is 15.8. The summed E-state index contributed by atoms with van der Waals surface area (Å²) in [5.41, 5.74) is 4.92. The fourth-order valence-electron chi connectivity index (χ4n) is 3.61. The Labute approximate surface area is 187 Å². The number of allylic oxidation sites excluding steroid dienone is 1. The first-order valence-electron chi connectivity index (χ1n) is 10.4. The lowest BCUT2D eigenvalue weighted by Gasteiger charge is -2.33. The van der Waals surface area contributed by atoms with Crippen molar-refractivity contribution in [3.8, 4) is 0 Å². The van der Waals surface area contributed by atoms with Crippen molar-refractivity contribution in [3.05, 3.63) is 70.4 Å². The number of urea groups is 2.